The fraction of sp³-hybridized carbons (Fsp3) is 0.588. The van der Waals surface area contributed by atoms with Gasteiger partial charge in [0.15, 0.2) is 0 Å². The Morgan fingerprint density at radius 3 is 2.38 bits per heavy atom. The quantitative estimate of drug-likeness (QED) is 0.890. The minimum Gasteiger partial charge on any atom is -0.331 e. The number of nitrogens with one attached hydrogen (secondary N) is 1. The molecule has 1 aromatic carbocycles. The molecule has 1 heterocycles. The van der Waals surface area contributed by atoms with Crippen LogP contribution in [0.4, 0.5) is 13.2 Å². The van der Waals surface area contributed by atoms with Crippen molar-refractivity contribution in [1.29, 1.82) is 0 Å². The molecule has 2 aliphatic rings. The van der Waals surface area contributed by atoms with E-state index in [0.717, 1.165) is 36.4 Å². The number of amides is 1. The number of alkyl halides is 3. The van der Waals surface area contributed by atoms with Crippen molar-refractivity contribution in [2.75, 3.05) is 19.6 Å². The van der Waals surface area contributed by atoms with Crippen LogP contribution in [0.5, 0.6) is 0 Å². The number of carbonyl (C=O) groups is 1. The minimum atomic E-state index is -4.79. The zero-order chi connectivity index (χ0) is 16.4. The minimum absolute atomic E-state index is 0. The van der Waals surface area contributed by atoms with Gasteiger partial charge < -0.3 is 10.2 Å². The maximum absolute atomic E-state index is 13.0. The van der Waals surface area contributed by atoms with Crippen molar-refractivity contribution in [3.8, 4) is 0 Å². The molecule has 0 bridgehead atoms. The summed E-state index contributed by atoms with van der Waals surface area (Å²) in [6, 6.07) is 9.17. The molecule has 2 unspecified atom stereocenters. The van der Waals surface area contributed by atoms with Crippen LogP contribution in [0.1, 0.15) is 30.7 Å². The van der Waals surface area contributed by atoms with Crippen molar-refractivity contribution in [2.45, 2.75) is 37.4 Å². The molecular formula is C17H22ClF3N2O. The van der Waals surface area contributed by atoms with Crippen LogP contribution < -0.4 is 5.32 Å². The van der Waals surface area contributed by atoms with Gasteiger partial charge in [-0.05, 0) is 43.8 Å². The van der Waals surface area contributed by atoms with Gasteiger partial charge in [0.1, 0.15) is 0 Å². The SMILES string of the molecule is Cl.O=C(N(CC1CCNCC1)C1CC1c1ccccc1)C(F)(F)F. The largest absolute Gasteiger partial charge is 0.471 e. The molecule has 3 rings (SSSR count). The summed E-state index contributed by atoms with van der Waals surface area (Å²) >= 11 is 0. The van der Waals surface area contributed by atoms with Crippen LogP contribution in [0.3, 0.4) is 0 Å². The average Bonchev–Trinajstić information content (AvgIpc) is 3.33. The fourth-order valence-corrected chi connectivity index (χ4v) is 3.46. The van der Waals surface area contributed by atoms with Crippen LogP contribution in [0.25, 0.3) is 0 Å². The first-order valence-corrected chi connectivity index (χ1v) is 8.10. The van der Waals surface area contributed by atoms with Crippen molar-refractivity contribution < 1.29 is 18.0 Å². The van der Waals surface area contributed by atoms with Crippen molar-refractivity contribution in [1.82, 2.24) is 10.2 Å². The van der Waals surface area contributed by atoms with E-state index >= 15 is 0 Å². The van der Waals surface area contributed by atoms with Gasteiger partial charge in [-0.2, -0.15) is 13.2 Å². The van der Waals surface area contributed by atoms with Gasteiger partial charge in [0, 0.05) is 18.5 Å². The first-order valence-electron chi connectivity index (χ1n) is 8.10. The molecule has 1 saturated heterocycles. The summed E-state index contributed by atoms with van der Waals surface area (Å²) in [5.74, 6) is -1.50. The van der Waals surface area contributed by atoms with Gasteiger partial charge in [0.2, 0.25) is 0 Å². The predicted octanol–water partition coefficient (Wildman–Crippen LogP) is 3.35. The van der Waals surface area contributed by atoms with E-state index in [0.29, 0.717) is 6.42 Å². The summed E-state index contributed by atoms with van der Waals surface area (Å²) in [7, 11) is 0. The van der Waals surface area contributed by atoms with Gasteiger partial charge in [0.05, 0.1) is 0 Å². The van der Waals surface area contributed by atoms with Gasteiger partial charge in [-0.3, -0.25) is 4.79 Å². The van der Waals surface area contributed by atoms with Crippen molar-refractivity contribution in [3.63, 3.8) is 0 Å². The summed E-state index contributed by atoms with van der Waals surface area (Å²) in [5, 5.41) is 3.20. The highest BCUT2D eigenvalue weighted by molar-refractivity contribution is 5.85. The number of carbonyl (C=O) groups excluding carboxylic acids is 1. The van der Waals surface area contributed by atoms with Crippen molar-refractivity contribution in [3.05, 3.63) is 35.9 Å². The highest BCUT2D eigenvalue weighted by atomic mass is 35.5. The Morgan fingerprint density at radius 1 is 1.17 bits per heavy atom. The molecule has 134 valence electrons. The van der Waals surface area contributed by atoms with Crippen LogP contribution in [-0.4, -0.2) is 42.7 Å². The summed E-state index contributed by atoms with van der Waals surface area (Å²) in [5.41, 5.74) is 1.02. The molecule has 2 fully saturated rings. The molecule has 3 nitrogen and oxygen atoms in total. The summed E-state index contributed by atoms with van der Waals surface area (Å²) in [4.78, 5) is 13.0. The molecule has 1 N–H and O–H groups in total. The normalized spacial score (nSPS) is 24.1. The molecule has 1 aromatic rings. The van der Waals surface area contributed by atoms with Gasteiger partial charge in [-0.1, -0.05) is 30.3 Å². The molecule has 7 heteroatoms. The third kappa shape index (κ3) is 4.42. The average molecular weight is 363 g/mol. The Labute approximate surface area is 146 Å². The molecule has 0 radical (unpaired) electrons. The van der Waals surface area contributed by atoms with Gasteiger partial charge in [0.25, 0.3) is 0 Å². The van der Waals surface area contributed by atoms with E-state index in [-0.39, 0.29) is 36.8 Å². The number of hydrogen-bond donors (Lipinski definition) is 1. The van der Waals surface area contributed by atoms with E-state index in [1.807, 2.05) is 30.3 Å². The Kier molecular flexibility index (Phi) is 6.15. The van der Waals surface area contributed by atoms with Crippen molar-refractivity contribution >= 4 is 18.3 Å². The van der Waals surface area contributed by atoms with E-state index in [2.05, 4.69) is 5.32 Å². The predicted molar refractivity (Wildman–Crippen MR) is 88.2 cm³/mol. The lowest BCUT2D eigenvalue weighted by Crippen LogP contribution is -2.46. The van der Waals surface area contributed by atoms with E-state index in [4.69, 9.17) is 0 Å². The van der Waals surface area contributed by atoms with Crippen LogP contribution >= 0.6 is 12.4 Å². The van der Waals surface area contributed by atoms with Gasteiger partial charge >= 0.3 is 12.1 Å². The summed E-state index contributed by atoms with van der Waals surface area (Å²) in [6.07, 6.45) is -2.53. The van der Waals surface area contributed by atoms with E-state index in [1.165, 1.54) is 0 Å². The van der Waals surface area contributed by atoms with Gasteiger partial charge in [-0.25, -0.2) is 0 Å². The standard InChI is InChI=1S/C17H21F3N2O.ClH/c18-17(19,20)16(23)22(11-12-6-8-21-9-7-12)15-10-14(15)13-4-2-1-3-5-13;/h1-5,12,14-15,21H,6-11H2;1H. The maximum atomic E-state index is 13.0. The number of hydrogen-bond acceptors (Lipinski definition) is 2. The Balaban J connectivity index is 0.00000208. The zero-order valence-corrected chi connectivity index (χ0v) is 14.1. The smallest absolute Gasteiger partial charge is 0.331 e. The molecule has 1 saturated carbocycles. The number of nitrogens with zero attached hydrogens (tertiary/aromatic N) is 1. The molecule has 1 aliphatic heterocycles. The fourth-order valence-electron chi connectivity index (χ4n) is 3.46. The number of benzene rings is 1. The van der Waals surface area contributed by atoms with Crippen LogP contribution in [0.15, 0.2) is 30.3 Å². The lowest BCUT2D eigenvalue weighted by molar-refractivity contribution is -0.186. The molecule has 0 spiro atoms. The third-order valence-corrected chi connectivity index (χ3v) is 4.80. The molecule has 2 atom stereocenters. The molecule has 1 amide bonds. The topological polar surface area (TPSA) is 32.3 Å². The molecular weight excluding hydrogens is 341 g/mol. The second-order valence-electron chi connectivity index (χ2n) is 6.47. The van der Waals surface area contributed by atoms with Crippen LogP contribution in [-0.2, 0) is 4.79 Å². The Bertz CT molecular complexity index is 547. The van der Waals surface area contributed by atoms with Crippen LogP contribution in [0, 0.1) is 5.92 Å². The first kappa shape index (κ1) is 19.1. The van der Waals surface area contributed by atoms with E-state index in [9.17, 15) is 18.0 Å². The Morgan fingerprint density at radius 2 is 1.79 bits per heavy atom. The monoisotopic (exact) mass is 362 g/mol. The zero-order valence-electron chi connectivity index (χ0n) is 13.3. The maximum Gasteiger partial charge on any atom is 0.471 e. The lowest BCUT2D eigenvalue weighted by atomic mass is 9.97. The summed E-state index contributed by atoms with van der Waals surface area (Å²) < 4.78 is 38.9. The number of rotatable bonds is 4. The Hall–Kier alpha value is -1.27. The molecule has 24 heavy (non-hydrogen) atoms. The highest BCUT2D eigenvalue weighted by Crippen LogP contribution is 2.46. The number of halogens is 4. The molecule has 0 aromatic heterocycles. The third-order valence-electron chi connectivity index (χ3n) is 4.80. The van der Waals surface area contributed by atoms with Gasteiger partial charge in [-0.15, -0.1) is 12.4 Å². The second-order valence-corrected chi connectivity index (χ2v) is 6.47. The van der Waals surface area contributed by atoms with Crippen LogP contribution in [0.2, 0.25) is 0 Å². The molecule has 1 aliphatic carbocycles. The first-order chi connectivity index (χ1) is 11.0. The second kappa shape index (κ2) is 7.74. The highest BCUT2D eigenvalue weighted by Gasteiger charge is 2.52. The number of piperidine rings is 1. The van der Waals surface area contributed by atoms with E-state index < -0.39 is 12.1 Å². The van der Waals surface area contributed by atoms with Crippen molar-refractivity contribution in [2.24, 2.45) is 5.92 Å². The summed E-state index contributed by atoms with van der Waals surface area (Å²) in [6.45, 7) is 1.84. The van der Waals surface area contributed by atoms with E-state index in [1.54, 1.807) is 0 Å². The lowest BCUT2D eigenvalue weighted by Gasteiger charge is -2.31.